The molecule has 24 heavy (non-hydrogen) atoms. The smallest absolute Gasteiger partial charge is 0.422 e. The van der Waals surface area contributed by atoms with Crippen LogP contribution in [0.5, 0.6) is 5.75 Å². The summed E-state index contributed by atoms with van der Waals surface area (Å²) in [5, 5.41) is 11.8. The van der Waals surface area contributed by atoms with Gasteiger partial charge in [-0.05, 0) is 23.3 Å². The second kappa shape index (κ2) is 7.78. The number of ether oxygens (including phenoxy) is 1. The average molecular weight is 340 g/mol. The molecule has 0 unspecified atom stereocenters. The highest BCUT2D eigenvalue weighted by molar-refractivity contribution is 5.94. The van der Waals surface area contributed by atoms with Gasteiger partial charge in [-0.25, -0.2) is 4.98 Å². The summed E-state index contributed by atoms with van der Waals surface area (Å²) in [7, 11) is 0. The van der Waals surface area contributed by atoms with Crippen molar-refractivity contribution in [3.8, 4) is 5.75 Å². The van der Waals surface area contributed by atoms with E-state index >= 15 is 0 Å². The van der Waals surface area contributed by atoms with Crippen molar-refractivity contribution in [3.05, 3.63) is 59.4 Å². The van der Waals surface area contributed by atoms with Crippen LogP contribution in [0.1, 0.15) is 21.6 Å². The van der Waals surface area contributed by atoms with Crippen LogP contribution < -0.4 is 10.1 Å². The molecule has 0 aliphatic rings. The van der Waals surface area contributed by atoms with Crippen LogP contribution in [0.2, 0.25) is 0 Å². The number of nitrogens with zero attached hydrogens (tertiary/aromatic N) is 1. The third-order valence-electron chi connectivity index (χ3n) is 3.11. The van der Waals surface area contributed by atoms with Crippen LogP contribution in [-0.4, -0.2) is 28.8 Å². The first-order valence-electron chi connectivity index (χ1n) is 7.01. The summed E-state index contributed by atoms with van der Waals surface area (Å²) < 4.78 is 41.4. The number of hydrogen-bond donors (Lipinski definition) is 2. The Bertz CT molecular complexity index is 705. The van der Waals surface area contributed by atoms with Crippen molar-refractivity contribution in [3.63, 3.8) is 0 Å². The number of benzene rings is 1. The zero-order valence-electron chi connectivity index (χ0n) is 12.5. The molecule has 0 fully saturated rings. The topological polar surface area (TPSA) is 71.5 Å². The first-order valence-corrected chi connectivity index (χ1v) is 7.01. The highest BCUT2D eigenvalue weighted by atomic mass is 19.4. The highest BCUT2D eigenvalue weighted by Gasteiger charge is 2.29. The molecule has 1 aromatic heterocycles. The van der Waals surface area contributed by atoms with Crippen LogP contribution in [0.15, 0.2) is 42.6 Å². The molecular formula is C16H15F3N2O3. The van der Waals surface area contributed by atoms with E-state index in [-0.39, 0.29) is 24.6 Å². The van der Waals surface area contributed by atoms with Gasteiger partial charge >= 0.3 is 6.18 Å². The molecule has 0 aliphatic heterocycles. The maximum Gasteiger partial charge on any atom is 0.422 e. The van der Waals surface area contributed by atoms with Crippen molar-refractivity contribution in [1.29, 1.82) is 0 Å². The van der Waals surface area contributed by atoms with Gasteiger partial charge in [0.05, 0.1) is 6.61 Å². The molecule has 0 aliphatic carbocycles. The summed E-state index contributed by atoms with van der Waals surface area (Å²) in [6, 6.07) is 9.56. The lowest BCUT2D eigenvalue weighted by molar-refractivity contribution is -0.153. The Morgan fingerprint density at radius 3 is 2.54 bits per heavy atom. The zero-order chi connectivity index (χ0) is 17.6. The Kier molecular flexibility index (Phi) is 5.75. The number of carbonyl (C=O) groups excluding carboxylic acids is 1. The summed E-state index contributed by atoms with van der Waals surface area (Å²) in [4.78, 5) is 15.9. The molecule has 128 valence electrons. The molecular weight excluding hydrogens is 325 g/mol. The van der Waals surface area contributed by atoms with Crippen LogP contribution in [-0.2, 0) is 13.2 Å². The number of amides is 1. The molecule has 0 bridgehead atoms. The summed E-state index contributed by atoms with van der Waals surface area (Å²) in [5.41, 5.74) is 1.11. The monoisotopic (exact) mass is 340 g/mol. The number of aromatic nitrogens is 1. The number of pyridine rings is 1. The van der Waals surface area contributed by atoms with Gasteiger partial charge < -0.3 is 15.2 Å². The summed E-state index contributed by atoms with van der Waals surface area (Å²) >= 11 is 0. The van der Waals surface area contributed by atoms with E-state index in [0.29, 0.717) is 11.1 Å². The predicted octanol–water partition coefficient (Wildman–Crippen LogP) is 2.45. The number of alkyl halides is 3. The standard InChI is InChI=1S/C16H15F3N2O3/c17-16(18,19)10-24-13-6-3-7-20-14(13)15(23)21-8-11-4-1-2-5-12(11)9-22/h1-7,22H,8-10H2,(H,21,23). The molecule has 2 aromatic rings. The first-order chi connectivity index (χ1) is 11.4. The van der Waals surface area contributed by atoms with Crippen LogP contribution in [0, 0.1) is 0 Å². The minimum atomic E-state index is -4.51. The van der Waals surface area contributed by atoms with Crippen LogP contribution in [0.25, 0.3) is 0 Å². The lowest BCUT2D eigenvalue weighted by Crippen LogP contribution is -2.26. The molecule has 0 saturated heterocycles. The Morgan fingerprint density at radius 1 is 1.17 bits per heavy atom. The molecule has 1 aromatic carbocycles. The Labute approximate surface area is 136 Å². The molecule has 0 atom stereocenters. The largest absolute Gasteiger partial charge is 0.482 e. The third kappa shape index (κ3) is 4.95. The van der Waals surface area contributed by atoms with Crippen LogP contribution in [0.4, 0.5) is 13.2 Å². The van der Waals surface area contributed by atoms with E-state index in [9.17, 15) is 23.1 Å². The van der Waals surface area contributed by atoms with Gasteiger partial charge in [0.15, 0.2) is 18.1 Å². The van der Waals surface area contributed by atoms with Crippen molar-refractivity contribution in [2.24, 2.45) is 0 Å². The highest BCUT2D eigenvalue weighted by Crippen LogP contribution is 2.21. The van der Waals surface area contributed by atoms with E-state index in [1.807, 2.05) is 0 Å². The number of aliphatic hydroxyl groups is 1. The van der Waals surface area contributed by atoms with Crippen LogP contribution >= 0.6 is 0 Å². The van der Waals surface area contributed by atoms with Crippen molar-refractivity contribution >= 4 is 5.91 Å². The van der Waals surface area contributed by atoms with E-state index < -0.39 is 18.7 Å². The summed E-state index contributed by atoms with van der Waals surface area (Å²) in [5.74, 6) is -0.914. The minimum absolute atomic E-state index is 0.102. The van der Waals surface area contributed by atoms with Gasteiger partial charge in [-0.15, -0.1) is 0 Å². The lowest BCUT2D eigenvalue weighted by Gasteiger charge is -2.13. The summed E-state index contributed by atoms with van der Waals surface area (Å²) in [6.07, 6.45) is -3.22. The van der Waals surface area contributed by atoms with Crippen molar-refractivity contribution < 1.29 is 27.8 Å². The molecule has 8 heteroatoms. The van der Waals surface area contributed by atoms with Gasteiger partial charge in [-0.3, -0.25) is 4.79 Å². The molecule has 2 N–H and O–H groups in total. The quantitative estimate of drug-likeness (QED) is 0.847. The maximum absolute atomic E-state index is 12.3. The fraction of sp³-hybridized carbons (Fsp3) is 0.250. The Hall–Kier alpha value is -2.61. The van der Waals surface area contributed by atoms with Gasteiger partial charge in [-0.1, -0.05) is 24.3 Å². The normalized spacial score (nSPS) is 11.2. The number of halogens is 3. The fourth-order valence-electron chi connectivity index (χ4n) is 1.98. The minimum Gasteiger partial charge on any atom is -0.482 e. The van der Waals surface area contributed by atoms with Gasteiger partial charge in [0, 0.05) is 12.7 Å². The van der Waals surface area contributed by atoms with E-state index in [0.717, 1.165) is 0 Å². The van der Waals surface area contributed by atoms with E-state index in [1.54, 1.807) is 24.3 Å². The number of hydrogen-bond acceptors (Lipinski definition) is 4. The van der Waals surface area contributed by atoms with Crippen molar-refractivity contribution in [2.75, 3.05) is 6.61 Å². The van der Waals surface area contributed by atoms with Gasteiger partial charge in [0.2, 0.25) is 0 Å². The Balaban J connectivity index is 2.07. The predicted molar refractivity (Wildman–Crippen MR) is 79.3 cm³/mol. The number of carbonyl (C=O) groups is 1. The second-order valence-electron chi connectivity index (χ2n) is 4.86. The van der Waals surface area contributed by atoms with E-state index in [1.165, 1.54) is 18.3 Å². The molecule has 1 heterocycles. The Morgan fingerprint density at radius 2 is 1.88 bits per heavy atom. The van der Waals surface area contributed by atoms with Crippen LogP contribution in [0.3, 0.4) is 0 Å². The van der Waals surface area contributed by atoms with E-state index in [4.69, 9.17) is 0 Å². The number of rotatable bonds is 6. The summed E-state index contributed by atoms with van der Waals surface area (Å²) in [6.45, 7) is -1.59. The molecule has 2 rings (SSSR count). The second-order valence-corrected chi connectivity index (χ2v) is 4.86. The number of aliphatic hydroxyl groups excluding tert-OH is 1. The fourth-order valence-corrected chi connectivity index (χ4v) is 1.98. The van der Waals surface area contributed by atoms with Gasteiger partial charge in [-0.2, -0.15) is 13.2 Å². The average Bonchev–Trinajstić information content (AvgIpc) is 2.57. The van der Waals surface area contributed by atoms with Gasteiger partial charge in [0.1, 0.15) is 0 Å². The zero-order valence-corrected chi connectivity index (χ0v) is 12.5. The maximum atomic E-state index is 12.3. The molecule has 1 amide bonds. The lowest BCUT2D eigenvalue weighted by atomic mass is 10.1. The molecule has 0 spiro atoms. The molecule has 5 nitrogen and oxygen atoms in total. The first kappa shape index (κ1) is 17.7. The van der Waals surface area contributed by atoms with Crippen molar-refractivity contribution in [1.82, 2.24) is 10.3 Å². The van der Waals surface area contributed by atoms with E-state index in [2.05, 4.69) is 15.0 Å². The van der Waals surface area contributed by atoms with Gasteiger partial charge in [0.25, 0.3) is 5.91 Å². The number of nitrogens with one attached hydrogen (secondary N) is 1. The SMILES string of the molecule is O=C(NCc1ccccc1CO)c1ncccc1OCC(F)(F)F. The molecule has 0 saturated carbocycles. The van der Waals surface area contributed by atoms with Crippen molar-refractivity contribution in [2.45, 2.75) is 19.3 Å². The third-order valence-corrected chi connectivity index (χ3v) is 3.11. The molecule has 0 radical (unpaired) electrons.